The summed E-state index contributed by atoms with van der Waals surface area (Å²) >= 11 is 7.47. The molecule has 20 heavy (non-hydrogen) atoms. The highest BCUT2D eigenvalue weighted by Gasteiger charge is 2.21. The molecule has 1 N–H and O–H groups in total. The Bertz CT molecular complexity index is 430. The van der Waals surface area contributed by atoms with Crippen molar-refractivity contribution in [2.45, 2.75) is 18.6 Å². The molecular formula is C15H20ClNO2S. The van der Waals surface area contributed by atoms with Crippen LogP contribution in [0.25, 0.3) is 0 Å². The van der Waals surface area contributed by atoms with E-state index in [1.165, 1.54) is 5.56 Å². The van der Waals surface area contributed by atoms with Crippen LogP contribution in [0.15, 0.2) is 24.3 Å². The Morgan fingerprint density at radius 3 is 2.55 bits per heavy atom. The summed E-state index contributed by atoms with van der Waals surface area (Å²) in [5.41, 5.74) is 1.19. The topological polar surface area (TPSA) is 40.5 Å². The van der Waals surface area contributed by atoms with Crippen LogP contribution in [0.5, 0.6) is 0 Å². The van der Waals surface area contributed by atoms with Crippen molar-refractivity contribution >= 4 is 29.3 Å². The molecule has 1 amide bonds. The lowest BCUT2D eigenvalue weighted by Gasteiger charge is -2.31. The number of hydrogen-bond donors (Lipinski definition) is 1. The first-order valence-electron chi connectivity index (χ1n) is 6.90. The van der Waals surface area contributed by atoms with E-state index >= 15 is 0 Å². The first-order chi connectivity index (χ1) is 9.69. The minimum absolute atomic E-state index is 0.209. The molecule has 1 aromatic rings. The zero-order valence-electron chi connectivity index (χ0n) is 11.4. The highest BCUT2D eigenvalue weighted by Crippen LogP contribution is 2.19. The maximum absolute atomic E-state index is 12.1. The van der Waals surface area contributed by atoms with Crippen molar-refractivity contribution in [2.24, 2.45) is 5.92 Å². The Morgan fingerprint density at radius 2 is 1.95 bits per heavy atom. The Balaban J connectivity index is 1.69. The number of aliphatic hydroxyl groups is 1. The van der Waals surface area contributed by atoms with Gasteiger partial charge in [-0.05, 0) is 36.5 Å². The van der Waals surface area contributed by atoms with E-state index in [4.69, 9.17) is 16.7 Å². The maximum Gasteiger partial charge on any atom is 0.232 e. The molecule has 1 aliphatic rings. The predicted molar refractivity (Wildman–Crippen MR) is 84.0 cm³/mol. The second-order valence-corrected chi connectivity index (χ2v) is 6.55. The number of thioether (sulfide) groups is 1. The van der Waals surface area contributed by atoms with E-state index in [1.54, 1.807) is 11.8 Å². The lowest BCUT2D eigenvalue weighted by Crippen LogP contribution is -2.40. The molecule has 0 spiro atoms. The molecule has 0 unspecified atom stereocenters. The summed E-state index contributed by atoms with van der Waals surface area (Å²) in [6.07, 6.45) is 1.84. The molecule has 5 heteroatoms. The zero-order valence-corrected chi connectivity index (χ0v) is 13.0. The van der Waals surface area contributed by atoms with Crippen LogP contribution >= 0.6 is 23.4 Å². The minimum atomic E-state index is 0.209. The van der Waals surface area contributed by atoms with Crippen molar-refractivity contribution in [3.8, 4) is 0 Å². The number of piperidine rings is 1. The van der Waals surface area contributed by atoms with Gasteiger partial charge < -0.3 is 10.0 Å². The molecule has 0 aromatic heterocycles. The summed E-state index contributed by atoms with van der Waals surface area (Å²) in [5, 5.41) is 9.82. The Hall–Kier alpha value is -0.710. The lowest BCUT2D eigenvalue weighted by molar-refractivity contribution is -0.129. The number of aliphatic hydroxyl groups excluding tert-OH is 1. The highest BCUT2D eigenvalue weighted by molar-refractivity contribution is 7.99. The molecule has 1 heterocycles. The second kappa shape index (κ2) is 7.91. The van der Waals surface area contributed by atoms with Crippen LogP contribution in [-0.4, -0.2) is 41.4 Å². The van der Waals surface area contributed by atoms with E-state index in [9.17, 15) is 4.79 Å². The van der Waals surface area contributed by atoms with Gasteiger partial charge in [0.25, 0.3) is 0 Å². The molecule has 3 nitrogen and oxygen atoms in total. The van der Waals surface area contributed by atoms with Crippen molar-refractivity contribution < 1.29 is 9.90 Å². The van der Waals surface area contributed by atoms with Crippen molar-refractivity contribution in [2.75, 3.05) is 25.4 Å². The van der Waals surface area contributed by atoms with Crippen molar-refractivity contribution in [1.82, 2.24) is 4.90 Å². The number of carbonyl (C=O) groups is 1. The molecule has 0 bridgehead atoms. The number of halogens is 1. The van der Waals surface area contributed by atoms with Crippen LogP contribution in [0.1, 0.15) is 18.4 Å². The van der Waals surface area contributed by atoms with Crippen LogP contribution in [-0.2, 0) is 10.5 Å². The van der Waals surface area contributed by atoms with Gasteiger partial charge in [-0.2, -0.15) is 0 Å². The summed E-state index contributed by atoms with van der Waals surface area (Å²) in [6.45, 7) is 1.81. The SMILES string of the molecule is O=C(CSCc1ccc(Cl)cc1)N1CCC(CO)CC1. The number of nitrogens with zero attached hydrogens (tertiary/aromatic N) is 1. The van der Waals surface area contributed by atoms with Gasteiger partial charge in [0.2, 0.25) is 5.91 Å². The van der Waals surface area contributed by atoms with E-state index in [2.05, 4.69) is 0 Å². The highest BCUT2D eigenvalue weighted by atomic mass is 35.5. The van der Waals surface area contributed by atoms with Gasteiger partial charge in [0.1, 0.15) is 0 Å². The van der Waals surface area contributed by atoms with Gasteiger partial charge in [0.15, 0.2) is 0 Å². The first-order valence-corrected chi connectivity index (χ1v) is 8.43. The summed E-state index contributed by atoms with van der Waals surface area (Å²) in [5.74, 6) is 1.93. The van der Waals surface area contributed by atoms with Crippen LogP contribution in [0, 0.1) is 5.92 Å². The number of likely N-dealkylation sites (tertiary alicyclic amines) is 1. The monoisotopic (exact) mass is 313 g/mol. The van der Waals surface area contributed by atoms with Gasteiger partial charge in [-0.3, -0.25) is 4.79 Å². The Morgan fingerprint density at radius 1 is 1.30 bits per heavy atom. The summed E-state index contributed by atoms with van der Waals surface area (Å²) in [6, 6.07) is 7.73. The third kappa shape index (κ3) is 4.69. The summed E-state index contributed by atoms with van der Waals surface area (Å²) in [4.78, 5) is 14.0. The number of benzene rings is 1. The van der Waals surface area contributed by atoms with E-state index in [0.717, 1.165) is 36.7 Å². The lowest BCUT2D eigenvalue weighted by atomic mass is 9.98. The number of carbonyl (C=O) groups excluding carboxylic acids is 1. The van der Waals surface area contributed by atoms with Crippen molar-refractivity contribution in [1.29, 1.82) is 0 Å². The zero-order chi connectivity index (χ0) is 14.4. The smallest absolute Gasteiger partial charge is 0.232 e. The number of rotatable bonds is 5. The summed E-state index contributed by atoms with van der Waals surface area (Å²) < 4.78 is 0. The van der Waals surface area contributed by atoms with E-state index < -0.39 is 0 Å². The van der Waals surface area contributed by atoms with Gasteiger partial charge in [0, 0.05) is 30.5 Å². The van der Waals surface area contributed by atoms with Gasteiger partial charge in [-0.15, -0.1) is 11.8 Å². The fourth-order valence-corrected chi connectivity index (χ4v) is 3.31. The minimum Gasteiger partial charge on any atom is -0.396 e. The molecule has 0 aliphatic carbocycles. The number of amides is 1. The predicted octanol–water partition coefficient (Wildman–Crippen LogP) is 2.80. The standard InChI is InChI=1S/C15H20ClNO2S/c16-14-3-1-13(2-4-14)10-20-11-15(19)17-7-5-12(9-18)6-8-17/h1-4,12,18H,5-11H2. The normalized spacial score (nSPS) is 16.4. The van der Waals surface area contributed by atoms with Gasteiger partial charge in [-0.1, -0.05) is 23.7 Å². The summed E-state index contributed by atoms with van der Waals surface area (Å²) in [7, 11) is 0. The molecule has 1 saturated heterocycles. The fourth-order valence-electron chi connectivity index (χ4n) is 2.29. The van der Waals surface area contributed by atoms with Gasteiger partial charge in [-0.25, -0.2) is 0 Å². The van der Waals surface area contributed by atoms with E-state index in [-0.39, 0.29) is 12.5 Å². The molecule has 0 atom stereocenters. The van der Waals surface area contributed by atoms with Gasteiger partial charge in [0.05, 0.1) is 5.75 Å². The van der Waals surface area contributed by atoms with Crippen LogP contribution in [0.2, 0.25) is 5.02 Å². The number of hydrogen-bond acceptors (Lipinski definition) is 3. The molecule has 2 rings (SSSR count). The van der Waals surface area contributed by atoms with Gasteiger partial charge >= 0.3 is 0 Å². The molecule has 0 saturated carbocycles. The molecule has 1 fully saturated rings. The molecule has 1 aromatic carbocycles. The third-order valence-corrected chi connectivity index (χ3v) is 4.87. The molecule has 1 aliphatic heterocycles. The third-order valence-electron chi connectivity index (χ3n) is 3.63. The molecular weight excluding hydrogens is 294 g/mol. The van der Waals surface area contributed by atoms with E-state index in [1.807, 2.05) is 29.2 Å². The molecule has 110 valence electrons. The Labute approximate surface area is 129 Å². The average molecular weight is 314 g/mol. The quantitative estimate of drug-likeness (QED) is 0.908. The van der Waals surface area contributed by atoms with Crippen molar-refractivity contribution in [3.63, 3.8) is 0 Å². The van der Waals surface area contributed by atoms with Crippen LogP contribution in [0.3, 0.4) is 0 Å². The second-order valence-electron chi connectivity index (χ2n) is 5.13. The van der Waals surface area contributed by atoms with E-state index in [0.29, 0.717) is 11.7 Å². The molecule has 0 radical (unpaired) electrons. The van der Waals surface area contributed by atoms with Crippen LogP contribution in [0.4, 0.5) is 0 Å². The fraction of sp³-hybridized carbons (Fsp3) is 0.533. The largest absolute Gasteiger partial charge is 0.396 e. The van der Waals surface area contributed by atoms with Crippen molar-refractivity contribution in [3.05, 3.63) is 34.9 Å². The Kier molecular flexibility index (Phi) is 6.20. The average Bonchev–Trinajstić information content (AvgIpc) is 2.49. The maximum atomic E-state index is 12.1. The van der Waals surface area contributed by atoms with Crippen LogP contribution < -0.4 is 0 Å². The first kappa shape index (κ1) is 15.7.